The second-order valence-corrected chi connectivity index (χ2v) is 5.53. The van der Waals surface area contributed by atoms with Crippen molar-refractivity contribution in [1.29, 1.82) is 0 Å². The predicted octanol–water partition coefficient (Wildman–Crippen LogP) is 0.966. The largest absolute Gasteiger partial charge is 0.375 e. The summed E-state index contributed by atoms with van der Waals surface area (Å²) in [5.74, 6) is 0. The molecular formula is C14H28N2O3. The fourth-order valence-electron chi connectivity index (χ4n) is 3.46. The van der Waals surface area contributed by atoms with E-state index < -0.39 is 0 Å². The van der Waals surface area contributed by atoms with Crippen molar-refractivity contribution in [3.63, 3.8) is 0 Å². The highest BCUT2D eigenvalue weighted by atomic mass is 16.7. The zero-order chi connectivity index (χ0) is 13.7. The molecule has 1 heterocycles. The van der Waals surface area contributed by atoms with Gasteiger partial charge in [-0.15, -0.1) is 0 Å². The highest BCUT2D eigenvalue weighted by molar-refractivity contribution is 4.91. The van der Waals surface area contributed by atoms with Crippen molar-refractivity contribution >= 4 is 0 Å². The summed E-state index contributed by atoms with van der Waals surface area (Å²) in [6.07, 6.45) is 6.07. The number of nitrogens with two attached hydrogens (primary N) is 1. The minimum atomic E-state index is -0.168. The first kappa shape index (κ1) is 15.2. The third-order valence-electron chi connectivity index (χ3n) is 4.51. The van der Waals surface area contributed by atoms with Gasteiger partial charge in [-0.1, -0.05) is 12.8 Å². The average molecular weight is 272 g/mol. The van der Waals surface area contributed by atoms with E-state index in [-0.39, 0.29) is 6.29 Å². The zero-order valence-corrected chi connectivity index (χ0v) is 12.2. The fourth-order valence-corrected chi connectivity index (χ4v) is 3.46. The molecule has 5 nitrogen and oxygen atoms in total. The lowest BCUT2D eigenvalue weighted by molar-refractivity contribution is -0.139. The summed E-state index contributed by atoms with van der Waals surface area (Å²) < 4.78 is 16.6. The number of fused-ring (bicyclic) bond motifs is 1. The number of hydrogen-bond acceptors (Lipinski definition) is 5. The Bertz CT molecular complexity index is 259. The van der Waals surface area contributed by atoms with Crippen molar-refractivity contribution in [1.82, 2.24) is 4.90 Å². The van der Waals surface area contributed by atoms with E-state index in [1.165, 1.54) is 25.7 Å². The topological polar surface area (TPSA) is 57.0 Å². The Morgan fingerprint density at radius 3 is 2.68 bits per heavy atom. The third kappa shape index (κ3) is 3.67. The van der Waals surface area contributed by atoms with Gasteiger partial charge >= 0.3 is 0 Å². The van der Waals surface area contributed by atoms with Crippen LogP contribution in [0.25, 0.3) is 0 Å². The minimum absolute atomic E-state index is 0.168. The highest BCUT2D eigenvalue weighted by Gasteiger charge is 2.37. The van der Waals surface area contributed by atoms with Crippen LogP contribution in [0, 0.1) is 0 Å². The molecule has 2 aliphatic rings. The molecule has 3 unspecified atom stereocenters. The molecule has 0 aromatic rings. The van der Waals surface area contributed by atoms with Gasteiger partial charge in [0.25, 0.3) is 0 Å². The van der Waals surface area contributed by atoms with Crippen molar-refractivity contribution in [3.8, 4) is 0 Å². The van der Waals surface area contributed by atoms with Gasteiger partial charge in [-0.05, 0) is 12.8 Å². The van der Waals surface area contributed by atoms with Crippen LogP contribution in [0.1, 0.15) is 32.1 Å². The van der Waals surface area contributed by atoms with E-state index in [1.54, 1.807) is 14.2 Å². The zero-order valence-electron chi connectivity index (χ0n) is 12.2. The van der Waals surface area contributed by atoms with Crippen molar-refractivity contribution in [2.75, 3.05) is 33.9 Å². The Labute approximate surface area is 116 Å². The van der Waals surface area contributed by atoms with Crippen molar-refractivity contribution < 1.29 is 14.2 Å². The van der Waals surface area contributed by atoms with Crippen molar-refractivity contribution in [3.05, 3.63) is 0 Å². The molecule has 2 fully saturated rings. The molecule has 112 valence electrons. The molecule has 0 amide bonds. The van der Waals surface area contributed by atoms with Gasteiger partial charge in [0.15, 0.2) is 6.29 Å². The van der Waals surface area contributed by atoms with Gasteiger partial charge in [0.05, 0.1) is 12.7 Å². The second kappa shape index (κ2) is 7.55. The fraction of sp³-hybridized carbons (Fsp3) is 1.00. The first-order valence-corrected chi connectivity index (χ1v) is 7.43. The van der Waals surface area contributed by atoms with Crippen LogP contribution < -0.4 is 5.73 Å². The normalized spacial score (nSPS) is 30.3. The lowest BCUT2D eigenvalue weighted by atomic mass is 9.88. The summed E-state index contributed by atoms with van der Waals surface area (Å²) >= 11 is 0. The van der Waals surface area contributed by atoms with E-state index >= 15 is 0 Å². The molecular weight excluding hydrogens is 244 g/mol. The van der Waals surface area contributed by atoms with E-state index in [9.17, 15) is 0 Å². The van der Waals surface area contributed by atoms with E-state index in [2.05, 4.69) is 4.90 Å². The van der Waals surface area contributed by atoms with E-state index in [4.69, 9.17) is 19.9 Å². The molecule has 2 N–H and O–H groups in total. The smallest absolute Gasteiger partial charge is 0.158 e. The van der Waals surface area contributed by atoms with Crippen LogP contribution in [0.15, 0.2) is 0 Å². The van der Waals surface area contributed by atoms with Crippen LogP contribution in [-0.4, -0.2) is 63.3 Å². The molecule has 0 aromatic heterocycles. The summed E-state index contributed by atoms with van der Waals surface area (Å²) in [6.45, 7) is 2.44. The van der Waals surface area contributed by atoms with Gasteiger partial charge in [0, 0.05) is 45.8 Å². The maximum Gasteiger partial charge on any atom is 0.158 e. The van der Waals surface area contributed by atoms with Crippen LogP contribution in [0.4, 0.5) is 0 Å². The third-order valence-corrected chi connectivity index (χ3v) is 4.51. The van der Waals surface area contributed by atoms with Crippen LogP contribution in [-0.2, 0) is 14.2 Å². The second-order valence-electron chi connectivity index (χ2n) is 5.53. The van der Waals surface area contributed by atoms with Gasteiger partial charge in [0.1, 0.15) is 0 Å². The van der Waals surface area contributed by atoms with Gasteiger partial charge in [-0.3, -0.25) is 4.90 Å². The summed E-state index contributed by atoms with van der Waals surface area (Å²) in [6, 6.07) is 0.852. The molecule has 5 heteroatoms. The molecule has 3 atom stereocenters. The Morgan fingerprint density at radius 2 is 2.00 bits per heavy atom. The summed E-state index contributed by atoms with van der Waals surface area (Å²) in [5, 5.41) is 0. The molecule has 19 heavy (non-hydrogen) atoms. The molecule has 2 rings (SSSR count). The number of morpholine rings is 1. The van der Waals surface area contributed by atoms with Gasteiger partial charge in [-0.25, -0.2) is 0 Å². The molecule has 0 bridgehead atoms. The Morgan fingerprint density at radius 1 is 1.26 bits per heavy atom. The standard InChI is InChI=1S/C14H28N2O3/c1-17-14(18-2)9-11(10-15)16-7-8-19-13-6-4-3-5-12(13)16/h11-14H,3-10,15H2,1-2H3. The molecule has 1 saturated heterocycles. The van der Waals surface area contributed by atoms with E-state index in [0.717, 1.165) is 19.6 Å². The molecule has 1 aliphatic heterocycles. The van der Waals surface area contributed by atoms with Crippen LogP contribution in [0.3, 0.4) is 0 Å². The summed E-state index contributed by atoms with van der Waals surface area (Å²) in [4.78, 5) is 2.54. The van der Waals surface area contributed by atoms with Gasteiger partial charge in [-0.2, -0.15) is 0 Å². The predicted molar refractivity (Wildman–Crippen MR) is 74.0 cm³/mol. The SMILES string of the molecule is COC(CC(CN)N1CCOC2CCCCC21)OC. The van der Waals surface area contributed by atoms with Crippen LogP contribution in [0.2, 0.25) is 0 Å². The number of nitrogens with zero attached hydrogens (tertiary/aromatic N) is 1. The summed E-state index contributed by atoms with van der Waals surface area (Å²) in [7, 11) is 3.37. The van der Waals surface area contributed by atoms with E-state index in [0.29, 0.717) is 24.7 Å². The minimum Gasteiger partial charge on any atom is -0.375 e. The van der Waals surface area contributed by atoms with Crippen molar-refractivity contribution in [2.45, 2.75) is 56.6 Å². The molecule has 0 radical (unpaired) electrons. The van der Waals surface area contributed by atoms with Crippen LogP contribution in [0.5, 0.6) is 0 Å². The molecule has 1 saturated carbocycles. The first-order chi connectivity index (χ1) is 9.30. The van der Waals surface area contributed by atoms with Crippen molar-refractivity contribution in [2.24, 2.45) is 5.73 Å². The maximum absolute atomic E-state index is 5.99. The lowest BCUT2D eigenvalue weighted by Crippen LogP contribution is -2.58. The van der Waals surface area contributed by atoms with Crippen LogP contribution >= 0.6 is 0 Å². The Hall–Kier alpha value is -0.200. The Kier molecular flexibility index (Phi) is 6.04. The average Bonchev–Trinajstić information content (AvgIpc) is 2.48. The number of rotatable bonds is 6. The lowest BCUT2D eigenvalue weighted by Gasteiger charge is -2.47. The Balaban J connectivity index is 1.99. The monoisotopic (exact) mass is 272 g/mol. The maximum atomic E-state index is 5.99. The quantitative estimate of drug-likeness (QED) is 0.730. The van der Waals surface area contributed by atoms with E-state index in [1.807, 2.05) is 0 Å². The number of hydrogen-bond donors (Lipinski definition) is 1. The number of ether oxygens (including phenoxy) is 3. The first-order valence-electron chi connectivity index (χ1n) is 7.43. The van der Waals surface area contributed by atoms with Gasteiger partial charge in [0.2, 0.25) is 0 Å². The molecule has 1 aliphatic carbocycles. The van der Waals surface area contributed by atoms with Gasteiger partial charge < -0.3 is 19.9 Å². The number of methoxy groups -OCH3 is 2. The summed E-state index contributed by atoms with van der Waals surface area (Å²) in [5.41, 5.74) is 5.99. The highest BCUT2D eigenvalue weighted by Crippen LogP contribution is 2.30. The molecule has 0 aromatic carbocycles. The molecule has 0 spiro atoms.